The van der Waals surface area contributed by atoms with Gasteiger partial charge in [0.25, 0.3) is 0 Å². The van der Waals surface area contributed by atoms with Crippen LogP contribution >= 0.6 is 23.2 Å². The third-order valence-electron chi connectivity index (χ3n) is 6.40. The van der Waals surface area contributed by atoms with E-state index in [1.807, 2.05) is 18.2 Å². The van der Waals surface area contributed by atoms with E-state index in [1.54, 1.807) is 23.1 Å². The molecule has 0 aromatic heterocycles. The molecule has 1 unspecified atom stereocenters. The summed E-state index contributed by atoms with van der Waals surface area (Å²) in [5.74, 6) is -0.201. The van der Waals surface area contributed by atoms with Crippen molar-refractivity contribution in [1.82, 2.24) is 5.32 Å². The average Bonchev–Trinajstić information content (AvgIpc) is 2.89. The number of anilines is 2. The Balaban J connectivity index is 1.89. The first-order valence-electron chi connectivity index (χ1n) is 11.6. The lowest BCUT2D eigenvalue weighted by atomic mass is 9.73. The van der Waals surface area contributed by atoms with Crippen molar-refractivity contribution < 1.29 is 9.59 Å². The molecule has 1 aliphatic carbocycles. The third-order valence-corrected chi connectivity index (χ3v) is 6.96. The fraction of sp³-hybridized carbons (Fsp3) is 0.370. The van der Waals surface area contributed by atoms with Gasteiger partial charge in [0.1, 0.15) is 0 Å². The minimum absolute atomic E-state index is 0.00258. The van der Waals surface area contributed by atoms with E-state index in [-0.39, 0.29) is 17.1 Å². The van der Waals surface area contributed by atoms with Crippen molar-refractivity contribution in [3.8, 4) is 6.07 Å². The quantitative estimate of drug-likeness (QED) is 0.470. The lowest BCUT2D eigenvalue weighted by molar-refractivity contribution is -0.118. The summed E-state index contributed by atoms with van der Waals surface area (Å²) in [5, 5.41) is 16.4. The zero-order chi connectivity index (χ0) is 25.3. The van der Waals surface area contributed by atoms with Crippen LogP contribution < -0.4 is 15.5 Å². The van der Waals surface area contributed by atoms with Crippen molar-refractivity contribution in [2.75, 3.05) is 16.8 Å². The molecule has 1 amide bonds. The van der Waals surface area contributed by atoms with Crippen LogP contribution in [-0.2, 0) is 16.1 Å². The molecule has 4 rings (SSSR count). The Morgan fingerprint density at radius 1 is 1.23 bits per heavy atom. The number of rotatable bonds is 5. The van der Waals surface area contributed by atoms with Gasteiger partial charge in [-0.25, -0.2) is 0 Å². The number of Topliss-reactive ketones (excluding diaryl/α,β-unsaturated/α-hetero) is 1. The largest absolute Gasteiger partial charge is 0.357 e. The number of hydrogen-bond acceptors (Lipinski definition) is 5. The van der Waals surface area contributed by atoms with Crippen molar-refractivity contribution in [2.45, 2.75) is 52.6 Å². The number of hydrogen-bond donors (Lipinski definition) is 2. The molecule has 6 nitrogen and oxygen atoms in total. The van der Waals surface area contributed by atoms with Crippen LogP contribution in [0.25, 0.3) is 0 Å². The van der Waals surface area contributed by atoms with Gasteiger partial charge in [0, 0.05) is 54.2 Å². The highest BCUT2D eigenvalue weighted by Crippen LogP contribution is 2.49. The van der Waals surface area contributed by atoms with Crippen LogP contribution in [0.4, 0.5) is 11.4 Å². The Bertz CT molecular complexity index is 1260. The molecule has 8 heteroatoms. The number of nitrogens with zero attached hydrogens (tertiary/aromatic N) is 2. The van der Waals surface area contributed by atoms with Gasteiger partial charge in [-0.3, -0.25) is 14.5 Å². The van der Waals surface area contributed by atoms with E-state index >= 15 is 0 Å². The standard InChI is InChI=1S/C27H28Cl2N4O2/c1-16(34)33-23-8-5-17(15-31-10-4-9-30)11-21(23)32-22-13-27(2,3)14-24(35)25(22)26(33)19-7-6-18(28)12-20(19)29/h5-8,11-12,26,31-32H,4,10,13-15H2,1-3H3. The summed E-state index contributed by atoms with van der Waals surface area (Å²) >= 11 is 12.8. The minimum atomic E-state index is -0.677. The summed E-state index contributed by atoms with van der Waals surface area (Å²) in [5.41, 5.74) is 4.24. The Morgan fingerprint density at radius 3 is 2.69 bits per heavy atom. The van der Waals surface area contributed by atoms with Crippen LogP contribution in [0, 0.1) is 16.7 Å². The smallest absolute Gasteiger partial charge is 0.224 e. The monoisotopic (exact) mass is 510 g/mol. The van der Waals surface area contributed by atoms with Crippen molar-refractivity contribution in [2.24, 2.45) is 5.41 Å². The second-order valence-electron chi connectivity index (χ2n) is 9.85. The molecule has 0 saturated heterocycles. The molecule has 0 spiro atoms. The van der Waals surface area contributed by atoms with Crippen molar-refractivity contribution in [1.29, 1.82) is 5.26 Å². The van der Waals surface area contributed by atoms with Crippen molar-refractivity contribution >= 4 is 46.3 Å². The normalized spacial score (nSPS) is 18.8. The van der Waals surface area contributed by atoms with Crippen LogP contribution in [0.3, 0.4) is 0 Å². The Morgan fingerprint density at radius 2 is 2.00 bits per heavy atom. The maximum absolute atomic E-state index is 13.6. The Labute approximate surface area is 215 Å². The molecule has 182 valence electrons. The summed E-state index contributed by atoms with van der Waals surface area (Å²) in [6, 6.07) is 12.5. The van der Waals surface area contributed by atoms with E-state index in [2.05, 4.69) is 30.6 Å². The SMILES string of the molecule is CC(=O)N1c2ccc(CNCCC#N)cc2NC2=C(C(=O)CC(C)(C)C2)C1c1ccc(Cl)cc1Cl. The number of carbonyl (C=O) groups excluding carboxylic acids is 2. The van der Waals surface area contributed by atoms with E-state index < -0.39 is 6.04 Å². The van der Waals surface area contributed by atoms with Gasteiger partial charge in [-0.1, -0.05) is 49.2 Å². The zero-order valence-corrected chi connectivity index (χ0v) is 21.6. The highest BCUT2D eigenvalue weighted by molar-refractivity contribution is 6.35. The second kappa shape index (κ2) is 10.0. The molecule has 1 atom stereocenters. The molecule has 0 fully saturated rings. The molecule has 0 saturated carbocycles. The first-order chi connectivity index (χ1) is 16.6. The van der Waals surface area contributed by atoms with Gasteiger partial charge in [-0.2, -0.15) is 5.26 Å². The number of nitrogens with one attached hydrogen (secondary N) is 2. The number of ketones is 1. The second-order valence-corrected chi connectivity index (χ2v) is 10.7. The summed E-state index contributed by atoms with van der Waals surface area (Å²) in [7, 11) is 0. The van der Waals surface area contributed by atoms with Gasteiger partial charge >= 0.3 is 0 Å². The zero-order valence-electron chi connectivity index (χ0n) is 20.0. The maximum Gasteiger partial charge on any atom is 0.224 e. The molecule has 0 radical (unpaired) electrons. The third kappa shape index (κ3) is 5.23. The fourth-order valence-electron chi connectivity index (χ4n) is 4.94. The molecule has 2 aromatic carbocycles. The fourth-order valence-corrected chi connectivity index (χ4v) is 5.46. The summed E-state index contributed by atoms with van der Waals surface area (Å²) in [4.78, 5) is 28.4. The Kier molecular flexibility index (Phi) is 7.23. The summed E-state index contributed by atoms with van der Waals surface area (Å²) in [6.07, 6.45) is 1.47. The highest BCUT2D eigenvalue weighted by atomic mass is 35.5. The predicted molar refractivity (Wildman–Crippen MR) is 139 cm³/mol. The number of allylic oxidation sites excluding steroid dienone is 1. The average molecular weight is 511 g/mol. The van der Waals surface area contributed by atoms with Crippen LogP contribution in [-0.4, -0.2) is 18.2 Å². The van der Waals surface area contributed by atoms with Crippen LogP contribution in [0.1, 0.15) is 57.2 Å². The van der Waals surface area contributed by atoms with Gasteiger partial charge in [-0.05, 0) is 47.2 Å². The van der Waals surface area contributed by atoms with E-state index in [1.165, 1.54) is 6.92 Å². The number of amides is 1. The van der Waals surface area contributed by atoms with Crippen molar-refractivity contribution in [3.05, 3.63) is 68.8 Å². The van der Waals surface area contributed by atoms with Gasteiger partial charge in [0.2, 0.25) is 5.91 Å². The number of halogens is 2. The molecule has 1 heterocycles. The van der Waals surface area contributed by atoms with Gasteiger partial charge in [0.15, 0.2) is 5.78 Å². The first kappa shape index (κ1) is 25.2. The number of fused-ring (bicyclic) bond motifs is 1. The maximum atomic E-state index is 13.6. The highest BCUT2D eigenvalue weighted by Gasteiger charge is 2.43. The Hall–Kier alpha value is -2.85. The molecule has 35 heavy (non-hydrogen) atoms. The summed E-state index contributed by atoms with van der Waals surface area (Å²) < 4.78 is 0. The lowest BCUT2D eigenvalue weighted by Gasteiger charge is -2.37. The topological polar surface area (TPSA) is 85.2 Å². The number of benzene rings is 2. The van der Waals surface area contributed by atoms with Gasteiger partial charge < -0.3 is 10.6 Å². The minimum Gasteiger partial charge on any atom is -0.357 e. The molecular weight excluding hydrogens is 483 g/mol. The van der Waals surface area contributed by atoms with E-state index in [9.17, 15) is 9.59 Å². The summed E-state index contributed by atoms with van der Waals surface area (Å²) in [6.45, 7) is 6.82. The molecule has 2 aromatic rings. The van der Waals surface area contributed by atoms with E-state index in [0.29, 0.717) is 59.2 Å². The number of nitriles is 1. The predicted octanol–water partition coefficient (Wildman–Crippen LogP) is 6.16. The first-order valence-corrected chi connectivity index (χ1v) is 12.4. The lowest BCUT2D eigenvalue weighted by Crippen LogP contribution is -2.38. The molecule has 2 aliphatic rings. The molecule has 0 bridgehead atoms. The van der Waals surface area contributed by atoms with Gasteiger partial charge in [-0.15, -0.1) is 0 Å². The van der Waals surface area contributed by atoms with Crippen LogP contribution in [0.15, 0.2) is 47.7 Å². The van der Waals surface area contributed by atoms with Crippen LogP contribution in [0.5, 0.6) is 0 Å². The van der Waals surface area contributed by atoms with E-state index in [0.717, 1.165) is 16.9 Å². The molecular formula is C27H28Cl2N4O2. The molecule has 2 N–H and O–H groups in total. The van der Waals surface area contributed by atoms with Crippen molar-refractivity contribution in [3.63, 3.8) is 0 Å². The van der Waals surface area contributed by atoms with Gasteiger partial charge in [0.05, 0.1) is 23.5 Å². The van der Waals surface area contributed by atoms with E-state index in [4.69, 9.17) is 28.5 Å². The molecule has 1 aliphatic heterocycles. The number of carbonyl (C=O) groups is 2. The van der Waals surface area contributed by atoms with Crippen LogP contribution in [0.2, 0.25) is 10.0 Å².